The van der Waals surface area contributed by atoms with E-state index in [0.717, 1.165) is 0 Å². The SMILES string of the molecule is CC(C)(N)C(C)(C)C(=O)Cc1c(Cl)cccc1Cl. The van der Waals surface area contributed by atoms with Gasteiger partial charge in [-0.25, -0.2) is 0 Å². The van der Waals surface area contributed by atoms with E-state index < -0.39 is 11.0 Å². The van der Waals surface area contributed by atoms with Crippen molar-refractivity contribution < 1.29 is 4.79 Å². The average molecular weight is 288 g/mol. The topological polar surface area (TPSA) is 43.1 Å². The van der Waals surface area contributed by atoms with Crippen LogP contribution >= 0.6 is 23.2 Å². The third-order valence-corrected chi connectivity index (χ3v) is 4.42. The summed E-state index contributed by atoms with van der Waals surface area (Å²) in [5.41, 5.74) is 5.48. The number of ketones is 1. The molecule has 0 radical (unpaired) electrons. The van der Waals surface area contributed by atoms with Gasteiger partial charge in [0.1, 0.15) is 5.78 Å². The quantitative estimate of drug-likeness (QED) is 0.914. The average Bonchev–Trinajstić information content (AvgIpc) is 2.21. The van der Waals surface area contributed by atoms with Crippen molar-refractivity contribution in [2.24, 2.45) is 11.1 Å². The van der Waals surface area contributed by atoms with E-state index in [-0.39, 0.29) is 12.2 Å². The zero-order chi connectivity index (χ0) is 14.1. The van der Waals surface area contributed by atoms with Crippen LogP contribution in [0.5, 0.6) is 0 Å². The second-order valence-electron chi connectivity index (χ2n) is 5.65. The molecule has 2 N–H and O–H groups in total. The number of halogens is 2. The number of rotatable bonds is 4. The van der Waals surface area contributed by atoms with Gasteiger partial charge in [0.05, 0.1) is 0 Å². The van der Waals surface area contributed by atoms with Crippen LogP contribution in [0.1, 0.15) is 33.3 Å². The van der Waals surface area contributed by atoms with Gasteiger partial charge in [-0.05, 0) is 31.5 Å². The molecule has 0 spiro atoms. The van der Waals surface area contributed by atoms with Crippen LogP contribution in [0, 0.1) is 5.41 Å². The standard InChI is InChI=1S/C14H19Cl2NO/c1-13(2,14(3,4)17)12(18)8-9-10(15)6-5-7-11(9)16/h5-7H,8,17H2,1-4H3. The first-order chi connectivity index (χ1) is 8.07. The number of Topliss-reactive ketones (excluding diaryl/α,β-unsaturated/α-hetero) is 1. The maximum atomic E-state index is 12.4. The molecule has 18 heavy (non-hydrogen) atoms. The lowest BCUT2D eigenvalue weighted by Gasteiger charge is -2.37. The number of benzene rings is 1. The predicted molar refractivity (Wildman–Crippen MR) is 77.2 cm³/mol. The fourth-order valence-corrected chi connectivity index (χ4v) is 1.97. The minimum Gasteiger partial charge on any atom is -0.325 e. The first-order valence-corrected chi connectivity index (χ1v) is 6.58. The molecule has 1 rings (SSSR count). The monoisotopic (exact) mass is 287 g/mol. The number of carbonyl (C=O) groups excluding carboxylic acids is 1. The Morgan fingerprint density at radius 1 is 1.17 bits per heavy atom. The smallest absolute Gasteiger partial charge is 0.144 e. The van der Waals surface area contributed by atoms with Crippen molar-refractivity contribution >= 4 is 29.0 Å². The van der Waals surface area contributed by atoms with Crippen molar-refractivity contribution in [2.45, 2.75) is 39.7 Å². The second-order valence-corrected chi connectivity index (χ2v) is 6.46. The second kappa shape index (κ2) is 5.20. The Kier molecular flexibility index (Phi) is 4.47. The Balaban J connectivity index is 3.03. The summed E-state index contributed by atoms with van der Waals surface area (Å²) < 4.78 is 0. The van der Waals surface area contributed by atoms with Crippen molar-refractivity contribution in [3.05, 3.63) is 33.8 Å². The summed E-state index contributed by atoms with van der Waals surface area (Å²) in [7, 11) is 0. The Bertz CT molecular complexity index is 441. The normalized spacial score (nSPS) is 12.6. The maximum Gasteiger partial charge on any atom is 0.144 e. The van der Waals surface area contributed by atoms with Crippen molar-refractivity contribution in [3.8, 4) is 0 Å². The number of hydrogen-bond acceptors (Lipinski definition) is 2. The molecule has 0 aliphatic carbocycles. The molecule has 0 bridgehead atoms. The molecule has 1 aromatic carbocycles. The van der Waals surface area contributed by atoms with Crippen LogP contribution in [-0.4, -0.2) is 11.3 Å². The van der Waals surface area contributed by atoms with Crippen LogP contribution in [0.3, 0.4) is 0 Å². The molecule has 0 atom stereocenters. The summed E-state index contributed by atoms with van der Waals surface area (Å²) in [4.78, 5) is 12.4. The van der Waals surface area contributed by atoms with Crippen LogP contribution in [-0.2, 0) is 11.2 Å². The zero-order valence-corrected chi connectivity index (χ0v) is 12.7. The maximum absolute atomic E-state index is 12.4. The molecule has 100 valence electrons. The molecule has 0 saturated carbocycles. The Labute approximate surface area is 118 Å². The third-order valence-electron chi connectivity index (χ3n) is 3.71. The molecule has 4 heteroatoms. The highest BCUT2D eigenvalue weighted by Gasteiger charge is 2.40. The van der Waals surface area contributed by atoms with Gasteiger partial charge in [0.25, 0.3) is 0 Å². The highest BCUT2D eigenvalue weighted by atomic mass is 35.5. The van der Waals surface area contributed by atoms with Crippen molar-refractivity contribution in [2.75, 3.05) is 0 Å². The zero-order valence-electron chi connectivity index (χ0n) is 11.2. The molecule has 0 heterocycles. The Hall–Kier alpha value is -0.570. The van der Waals surface area contributed by atoms with Gasteiger partial charge in [-0.15, -0.1) is 0 Å². The number of hydrogen-bond donors (Lipinski definition) is 1. The molecule has 0 aromatic heterocycles. The van der Waals surface area contributed by atoms with E-state index >= 15 is 0 Å². The highest BCUT2D eigenvalue weighted by Crippen LogP contribution is 2.33. The molecule has 0 saturated heterocycles. The van der Waals surface area contributed by atoms with Crippen molar-refractivity contribution in [1.82, 2.24) is 0 Å². The van der Waals surface area contributed by atoms with Gasteiger partial charge in [-0.3, -0.25) is 4.79 Å². The first kappa shape index (κ1) is 15.5. The summed E-state index contributed by atoms with van der Waals surface area (Å²) in [5.74, 6) is 0.0324. The lowest BCUT2D eigenvalue weighted by atomic mass is 9.71. The lowest BCUT2D eigenvalue weighted by molar-refractivity contribution is -0.129. The fourth-order valence-electron chi connectivity index (χ4n) is 1.44. The minimum atomic E-state index is -0.643. The summed E-state index contributed by atoms with van der Waals surface area (Å²) >= 11 is 12.1. The van der Waals surface area contributed by atoms with E-state index in [4.69, 9.17) is 28.9 Å². The summed E-state index contributed by atoms with van der Waals surface area (Å²) in [6, 6.07) is 5.23. The lowest BCUT2D eigenvalue weighted by Crippen LogP contribution is -2.52. The van der Waals surface area contributed by atoms with Gasteiger partial charge in [0, 0.05) is 27.4 Å². The minimum absolute atomic E-state index is 0.0324. The van der Waals surface area contributed by atoms with Gasteiger partial charge >= 0.3 is 0 Å². The van der Waals surface area contributed by atoms with Crippen LogP contribution < -0.4 is 5.73 Å². The van der Waals surface area contributed by atoms with Crippen molar-refractivity contribution in [1.29, 1.82) is 0 Å². The summed E-state index contributed by atoms with van der Waals surface area (Å²) in [6.45, 7) is 7.39. The molecular weight excluding hydrogens is 269 g/mol. The highest BCUT2D eigenvalue weighted by molar-refractivity contribution is 6.36. The molecule has 0 aliphatic rings. The van der Waals surface area contributed by atoms with E-state index in [9.17, 15) is 4.79 Å². The van der Waals surface area contributed by atoms with Crippen LogP contribution in [0.2, 0.25) is 10.0 Å². The van der Waals surface area contributed by atoms with E-state index in [1.807, 2.05) is 27.7 Å². The Morgan fingerprint density at radius 2 is 1.61 bits per heavy atom. The molecule has 0 aliphatic heterocycles. The van der Waals surface area contributed by atoms with E-state index in [0.29, 0.717) is 15.6 Å². The molecular formula is C14H19Cl2NO. The summed E-state index contributed by atoms with van der Waals surface area (Å²) in [5, 5.41) is 1.03. The van der Waals surface area contributed by atoms with E-state index in [2.05, 4.69) is 0 Å². The number of nitrogens with two attached hydrogens (primary N) is 1. The van der Waals surface area contributed by atoms with Gasteiger partial charge < -0.3 is 5.73 Å². The van der Waals surface area contributed by atoms with Crippen LogP contribution in [0.4, 0.5) is 0 Å². The largest absolute Gasteiger partial charge is 0.325 e. The first-order valence-electron chi connectivity index (χ1n) is 5.82. The number of carbonyl (C=O) groups is 1. The van der Waals surface area contributed by atoms with Crippen molar-refractivity contribution in [3.63, 3.8) is 0 Å². The van der Waals surface area contributed by atoms with Gasteiger partial charge in [0.2, 0.25) is 0 Å². The molecule has 0 amide bonds. The van der Waals surface area contributed by atoms with Crippen LogP contribution in [0.15, 0.2) is 18.2 Å². The van der Waals surface area contributed by atoms with Gasteiger partial charge in [0.15, 0.2) is 0 Å². The molecule has 0 fully saturated rings. The molecule has 2 nitrogen and oxygen atoms in total. The predicted octanol–water partition coefficient (Wildman–Crippen LogP) is 3.87. The fraction of sp³-hybridized carbons (Fsp3) is 0.500. The van der Waals surface area contributed by atoms with E-state index in [1.54, 1.807) is 18.2 Å². The summed E-state index contributed by atoms with van der Waals surface area (Å²) in [6.07, 6.45) is 0.201. The van der Waals surface area contributed by atoms with Gasteiger partial charge in [-0.1, -0.05) is 43.1 Å². The molecule has 1 aromatic rings. The Morgan fingerprint density at radius 3 is 2.00 bits per heavy atom. The third kappa shape index (κ3) is 3.05. The van der Waals surface area contributed by atoms with Crippen LogP contribution in [0.25, 0.3) is 0 Å². The molecule has 0 unspecified atom stereocenters. The van der Waals surface area contributed by atoms with Gasteiger partial charge in [-0.2, -0.15) is 0 Å². The van der Waals surface area contributed by atoms with E-state index in [1.165, 1.54) is 0 Å².